The Morgan fingerprint density at radius 1 is 0.567 bits per heavy atom. The third-order valence-corrected chi connectivity index (χ3v) is 5.23. The molecule has 2 aliphatic rings. The van der Waals surface area contributed by atoms with Crippen molar-refractivity contribution >= 4 is 17.1 Å². The van der Waals surface area contributed by atoms with Crippen LogP contribution in [0.3, 0.4) is 0 Å². The van der Waals surface area contributed by atoms with Gasteiger partial charge in [0.2, 0.25) is 0 Å². The molecule has 0 fully saturated rings. The topological polar surface area (TPSA) is 22.2 Å². The highest BCUT2D eigenvalue weighted by Crippen LogP contribution is 2.31. The molecule has 2 heterocycles. The second kappa shape index (κ2) is 7.87. The highest BCUT2D eigenvalue weighted by atomic mass is 16.5. The van der Waals surface area contributed by atoms with Crippen LogP contribution >= 0.6 is 0 Å². The molecule has 30 heavy (non-hydrogen) atoms. The van der Waals surface area contributed by atoms with Crippen LogP contribution in [0.25, 0.3) is 0 Å². The normalized spacial score (nSPS) is 15.4. The zero-order valence-electron chi connectivity index (χ0n) is 16.9. The molecule has 0 amide bonds. The van der Waals surface area contributed by atoms with Crippen molar-refractivity contribution < 1.29 is 4.74 Å². The van der Waals surface area contributed by atoms with Crippen molar-refractivity contribution in [1.82, 2.24) is 4.90 Å². The lowest BCUT2D eigenvalue weighted by molar-refractivity contribution is 0.481. The summed E-state index contributed by atoms with van der Waals surface area (Å²) in [4.78, 5) is 8.76. The van der Waals surface area contributed by atoms with Crippen molar-refractivity contribution in [3.8, 4) is 11.5 Å². The number of para-hydroxylation sites is 1. The molecule has 0 unspecified atom stereocenters. The quantitative estimate of drug-likeness (QED) is 0.573. The number of benzene rings is 3. The van der Waals surface area contributed by atoms with E-state index in [0.717, 1.165) is 36.2 Å². The maximum Gasteiger partial charge on any atom is 0.129 e. The summed E-state index contributed by atoms with van der Waals surface area (Å²) in [6.45, 7) is 1.62. The third-order valence-electron chi connectivity index (χ3n) is 5.23. The predicted molar refractivity (Wildman–Crippen MR) is 123 cm³/mol. The Morgan fingerprint density at radius 3 is 1.70 bits per heavy atom. The molecule has 0 bridgehead atoms. The summed E-state index contributed by atoms with van der Waals surface area (Å²) in [5.74, 6) is 1.65. The number of rotatable bonds is 5. The van der Waals surface area contributed by atoms with E-state index in [1.54, 1.807) is 0 Å². The Balaban J connectivity index is 1.29. The fraction of sp³-hybridized carbons (Fsp3) is 0.120. The van der Waals surface area contributed by atoms with E-state index in [4.69, 9.17) is 4.74 Å². The number of nitrogens with zero attached hydrogens (tertiary/aromatic N) is 4. The summed E-state index contributed by atoms with van der Waals surface area (Å²) in [6, 6.07) is 26.8. The van der Waals surface area contributed by atoms with Crippen LogP contribution in [0, 0.1) is 0 Å². The fourth-order valence-electron chi connectivity index (χ4n) is 3.66. The van der Waals surface area contributed by atoms with Crippen molar-refractivity contribution in [2.24, 2.45) is 0 Å². The SMILES string of the molecule is CN1C=CN(c2cccc(Oc3cccc(N4C=CN(c5ccccc5)C4)c3)c2)C1. The van der Waals surface area contributed by atoms with Crippen molar-refractivity contribution in [3.63, 3.8) is 0 Å². The molecule has 0 N–H and O–H groups in total. The second-order valence-corrected chi connectivity index (χ2v) is 7.48. The molecule has 0 saturated heterocycles. The van der Waals surface area contributed by atoms with E-state index in [2.05, 4.69) is 100.0 Å². The molecule has 3 aromatic carbocycles. The monoisotopic (exact) mass is 396 g/mol. The zero-order valence-corrected chi connectivity index (χ0v) is 16.9. The molecule has 0 atom stereocenters. The van der Waals surface area contributed by atoms with Gasteiger partial charge in [-0.25, -0.2) is 0 Å². The Kier molecular flexibility index (Phi) is 4.77. The minimum Gasteiger partial charge on any atom is -0.457 e. The molecule has 0 aromatic heterocycles. The van der Waals surface area contributed by atoms with Crippen LogP contribution < -0.4 is 19.4 Å². The first-order chi connectivity index (χ1) is 14.7. The molecule has 0 radical (unpaired) electrons. The maximum absolute atomic E-state index is 6.19. The van der Waals surface area contributed by atoms with Gasteiger partial charge in [0, 0.05) is 61.0 Å². The standard InChI is InChI=1S/C25H24N4O/c1-26-13-14-27(19-26)22-9-5-11-24(17-22)30-25-12-6-10-23(18-25)29-16-15-28(20-29)21-7-3-2-4-8-21/h2-18H,19-20H2,1H3. The van der Waals surface area contributed by atoms with Crippen LogP contribution in [0.5, 0.6) is 11.5 Å². The minimum atomic E-state index is 0.776. The molecule has 5 rings (SSSR count). The summed E-state index contributed by atoms with van der Waals surface area (Å²) in [5.41, 5.74) is 3.40. The van der Waals surface area contributed by atoms with E-state index in [0.29, 0.717) is 0 Å². The van der Waals surface area contributed by atoms with E-state index in [-0.39, 0.29) is 0 Å². The van der Waals surface area contributed by atoms with Crippen molar-refractivity contribution in [2.75, 3.05) is 35.1 Å². The van der Waals surface area contributed by atoms with Gasteiger partial charge < -0.3 is 24.3 Å². The van der Waals surface area contributed by atoms with Gasteiger partial charge in [0.05, 0.1) is 13.3 Å². The molecular formula is C25H24N4O. The van der Waals surface area contributed by atoms with Gasteiger partial charge in [-0.3, -0.25) is 0 Å². The fourth-order valence-corrected chi connectivity index (χ4v) is 3.66. The summed E-state index contributed by atoms with van der Waals surface area (Å²) in [7, 11) is 2.06. The van der Waals surface area contributed by atoms with Crippen LogP contribution in [-0.4, -0.2) is 25.3 Å². The minimum absolute atomic E-state index is 0.776. The Labute approximate surface area is 177 Å². The summed E-state index contributed by atoms with van der Waals surface area (Å²) >= 11 is 0. The number of hydrogen-bond acceptors (Lipinski definition) is 5. The van der Waals surface area contributed by atoms with Crippen LogP contribution in [0.4, 0.5) is 17.1 Å². The lowest BCUT2D eigenvalue weighted by atomic mass is 10.2. The van der Waals surface area contributed by atoms with Gasteiger partial charge in [-0.15, -0.1) is 0 Å². The first-order valence-corrected chi connectivity index (χ1v) is 10.0. The van der Waals surface area contributed by atoms with Crippen LogP contribution in [-0.2, 0) is 0 Å². The van der Waals surface area contributed by atoms with Gasteiger partial charge in [-0.05, 0) is 36.4 Å². The molecule has 3 aromatic rings. The van der Waals surface area contributed by atoms with Gasteiger partial charge in [0.25, 0.3) is 0 Å². The molecular weight excluding hydrogens is 372 g/mol. The lowest BCUT2D eigenvalue weighted by Crippen LogP contribution is -2.24. The van der Waals surface area contributed by atoms with Crippen molar-refractivity contribution in [3.05, 3.63) is 104 Å². The van der Waals surface area contributed by atoms with Gasteiger partial charge in [0.15, 0.2) is 0 Å². The smallest absolute Gasteiger partial charge is 0.129 e. The van der Waals surface area contributed by atoms with E-state index in [1.165, 1.54) is 5.69 Å². The second-order valence-electron chi connectivity index (χ2n) is 7.48. The van der Waals surface area contributed by atoms with E-state index in [9.17, 15) is 0 Å². The maximum atomic E-state index is 6.19. The van der Waals surface area contributed by atoms with Crippen molar-refractivity contribution in [2.45, 2.75) is 0 Å². The predicted octanol–water partition coefficient (Wildman–Crippen LogP) is 5.41. The zero-order chi connectivity index (χ0) is 20.3. The first kappa shape index (κ1) is 18.2. The molecule has 2 aliphatic heterocycles. The van der Waals surface area contributed by atoms with Gasteiger partial charge in [-0.1, -0.05) is 30.3 Å². The van der Waals surface area contributed by atoms with Crippen LogP contribution in [0.15, 0.2) is 104 Å². The first-order valence-electron chi connectivity index (χ1n) is 10.0. The summed E-state index contributed by atoms with van der Waals surface area (Å²) < 4.78 is 6.19. The molecule has 0 spiro atoms. The number of ether oxygens (including phenoxy) is 1. The van der Waals surface area contributed by atoms with E-state index in [1.807, 2.05) is 30.3 Å². The average Bonchev–Trinajstić information content (AvgIpc) is 3.44. The van der Waals surface area contributed by atoms with Crippen LogP contribution in [0.1, 0.15) is 0 Å². The Hall–Kier alpha value is -3.86. The summed E-state index contributed by atoms with van der Waals surface area (Å²) in [5, 5.41) is 0. The lowest BCUT2D eigenvalue weighted by Gasteiger charge is -2.22. The van der Waals surface area contributed by atoms with Gasteiger partial charge in [-0.2, -0.15) is 0 Å². The van der Waals surface area contributed by atoms with E-state index >= 15 is 0 Å². The van der Waals surface area contributed by atoms with Crippen molar-refractivity contribution in [1.29, 1.82) is 0 Å². The molecule has 0 saturated carbocycles. The van der Waals surface area contributed by atoms with E-state index < -0.39 is 0 Å². The number of anilines is 3. The largest absolute Gasteiger partial charge is 0.457 e. The summed E-state index contributed by atoms with van der Waals surface area (Å²) in [6.07, 6.45) is 8.35. The highest BCUT2D eigenvalue weighted by molar-refractivity contribution is 5.61. The number of hydrogen-bond donors (Lipinski definition) is 0. The Bertz CT molecular complexity index is 1080. The van der Waals surface area contributed by atoms with Gasteiger partial charge in [0.1, 0.15) is 11.5 Å². The molecule has 5 heteroatoms. The van der Waals surface area contributed by atoms with Crippen LogP contribution in [0.2, 0.25) is 0 Å². The van der Waals surface area contributed by atoms with Gasteiger partial charge >= 0.3 is 0 Å². The third kappa shape index (κ3) is 3.82. The Morgan fingerprint density at radius 2 is 1.10 bits per heavy atom. The molecule has 5 nitrogen and oxygen atoms in total. The molecule has 150 valence electrons. The highest BCUT2D eigenvalue weighted by Gasteiger charge is 2.16. The molecule has 0 aliphatic carbocycles. The average molecular weight is 396 g/mol.